The number of hydrogen-bond acceptors (Lipinski definition) is 6. The van der Waals surface area contributed by atoms with E-state index in [2.05, 4.69) is 4.90 Å². The van der Waals surface area contributed by atoms with Crippen LogP contribution in [0, 0.1) is 11.8 Å². The third-order valence-electron chi connectivity index (χ3n) is 7.07. The highest BCUT2D eigenvalue weighted by molar-refractivity contribution is 6.01. The largest absolute Gasteiger partial charge is 0.465 e. The first-order valence-electron chi connectivity index (χ1n) is 11.7. The van der Waals surface area contributed by atoms with Crippen LogP contribution in [-0.2, 0) is 29.3 Å². The van der Waals surface area contributed by atoms with E-state index in [9.17, 15) is 14.4 Å². The van der Waals surface area contributed by atoms with E-state index in [1.54, 1.807) is 6.92 Å². The summed E-state index contributed by atoms with van der Waals surface area (Å²) in [6, 6.07) is 19.3. The van der Waals surface area contributed by atoms with Crippen molar-refractivity contribution in [3.8, 4) is 0 Å². The van der Waals surface area contributed by atoms with Gasteiger partial charge in [0.05, 0.1) is 6.61 Å². The normalized spacial score (nSPS) is 24.7. The molecule has 4 rings (SSSR count). The maximum Gasteiger partial charge on any atom is 0.320 e. The van der Waals surface area contributed by atoms with Crippen LogP contribution >= 0.6 is 0 Å². The van der Waals surface area contributed by atoms with Crippen molar-refractivity contribution in [2.75, 3.05) is 26.3 Å². The first kappa shape index (κ1) is 23.2. The maximum atomic E-state index is 13.5. The molecule has 2 aliphatic heterocycles. The molecule has 0 radical (unpaired) electrons. The molecule has 0 saturated carbocycles. The molecule has 174 valence electrons. The number of esters is 2. The van der Waals surface area contributed by atoms with Crippen LogP contribution in [0.5, 0.6) is 0 Å². The van der Waals surface area contributed by atoms with E-state index in [1.165, 1.54) is 0 Å². The average Bonchev–Trinajstić information content (AvgIpc) is 2.86. The lowest BCUT2D eigenvalue weighted by atomic mass is 9.76. The van der Waals surface area contributed by atoms with Gasteiger partial charge in [0.15, 0.2) is 5.78 Å². The number of hydrogen-bond donors (Lipinski definition) is 0. The van der Waals surface area contributed by atoms with E-state index in [4.69, 9.17) is 9.47 Å². The number of nitrogens with zero attached hydrogens (tertiary/aromatic N) is 1. The highest BCUT2D eigenvalue weighted by Crippen LogP contribution is 2.35. The molecule has 6 nitrogen and oxygen atoms in total. The minimum absolute atomic E-state index is 0.0131. The number of Topliss-reactive ketones (excluding diaryl/α,β-unsaturated/α-hetero) is 1. The summed E-state index contributed by atoms with van der Waals surface area (Å²) < 4.78 is 11.1. The Balaban J connectivity index is 1.49. The van der Waals surface area contributed by atoms with Crippen molar-refractivity contribution in [1.29, 1.82) is 0 Å². The Morgan fingerprint density at radius 2 is 1.55 bits per heavy atom. The lowest BCUT2D eigenvalue weighted by Gasteiger charge is -2.44. The summed E-state index contributed by atoms with van der Waals surface area (Å²) in [6.07, 6.45) is 1.45. The fraction of sp³-hybridized carbons (Fsp3) is 0.444. The fourth-order valence-electron chi connectivity index (χ4n) is 5.05. The number of piperidine rings is 2. The van der Waals surface area contributed by atoms with Crippen LogP contribution in [0.1, 0.15) is 37.8 Å². The van der Waals surface area contributed by atoms with E-state index >= 15 is 0 Å². The van der Waals surface area contributed by atoms with E-state index in [1.807, 2.05) is 67.6 Å². The fourth-order valence-corrected chi connectivity index (χ4v) is 5.05. The Morgan fingerprint density at radius 1 is 0.939 bits per heavy atom. The Hall–Kier alpha value is -2.99. The monoisotopic (exact) mass is 449 g/mol. The van der Waals surface area contributed by atoms with Crippen molar-refractivity contribution < 1.29 is 23.9 Å². The molecule has 4 unspecified atom stereocenters. The zero-order valence-electron chi connectivity index (χ0n) is 19.2. The van der Waals surface area contributed by atoms with Crippen LogP contribution in [0.4, 0.5) is 0 Å². The van der Waals surface area contributed by atoms with Gasteiger partial charge in [-0.05, 0) is 37.8 Å². The first-order chi connectivity index (χ1) is 15.9. The van der Waals surface area contributed by atoms with Gasteiger partial charge in [-0.1, -0.05) is 60.7 Å². The molecule has 0 aromatic heterocycles. The molecule has 6 heteroatoms. The van der Waals surface area contributed by atoms with Crippen LogP contribution in [0.3, 0.4) is 0 Å². The highest BCUT2D eigenvalue weighted by atomic mass is 16.5. The molecule has 2 aromatic rings. The summed E-state index contributed by atoms with van der Waals surface area (Å²) in [6.45, 7) is 5.05. The maximum absolute atomic E-state index is 13.5. The summed E-state index contributed by atoms with van der Waals surface area (Å²) in [4.78, 5) is 40.6. The van der Waals surface area contributed by atoms with Crippen LogP contribution in [-0.4, -0.2) is 55.0 Å². The number of ether oxygens (including phenoxy) is 2. The number of ketones is 1. The predicted octanol–water partition coefficient (Wildman–Crippen LogP) is 3.38. The summed E-state index contributed by atoms with van der Waals surface area (Å²) in [5.41, 5.74) is 0.803. The first-order valence-corrected chi connectivity index (χ1v) is 11.7. The Kier molecular flexibility index (Phi) is 6.94. The summed E-state index contributed by atoms with van der Waals surface area (Å²) in [7, 11) is 0. The van der Waals surface area contributed by atoms with Gasteiger partial charge in [0, 0.05) is 25.0 Å². The Morgan fingerprint density at radius 3 is 2.12 bits per heavy atom. The topological polar surface area (TPSA) is 72.9 Å². The molecule has 0 aliphatic carbocycles. The highest BCUT2D eigenvalue weighted by Gasteiger charge is 2.46. The molecule has 0 amide bonds. The zero-order chi connectivity index (χ0) is 23.4. The van der Waals surface area contributed by atoms with Crippen LogP contribution in [0.2, 0.25) is 0 Å². The average molecular weight is 450 g/mol. The van der Waals surface area contributed by atoms with Crippen LogP contribution in [0.15, 0.2) is 60.7 Å². The molecule has 33 heavy (non-hydrogen) atoms. The Bertz CT molecular complexity index is 951. The summed E-state index contributed by atoms with van der Waals surface area (Å²) >= 11 is 0. The molecule has 2 heterocycles. The second kappa shape index (κ2) is 9.87. The van der Waals surface area contributed by atoms with E-state index < -0.39 is 17.3 Å². The number of rotatable bonds is 7. The lowest BCUT2D eigenvalue weighted by Crippen LogP contribution is -2.57. The second-order valence-corrected chi connectivity index (χ2v) is 9.04. The molecule has 2 saturated heterocycles. The van der Waals surface area contributed by atoms with Crippen LogP contribution in [0.25, 0.3) is 0 Å². The van der Waals surface area contributed by atoms with Crippen molar-refractivity contribution >= 4 is 17.7 Å². The molecule has 2 fully saturated rings. The van der Waals surface area contributed by atoms with E-state index in [0.717, 1.165) is 17.5 Å². The molecular weight excluding hydrogens is 418 g/mol. The van der Waals surface area contributed by atoms with Gasteiger partial charge in [-0.15, -0.1) is 0 Å². The van der Waals surface area contributed by atoms with Gasteiger partial charge in [0.1, 0.15) is 17.9 Å². The minimum atomic E-state index is -0.939. The van der Waals surface area contributed by atoms with Crippen molar-refractivity contribution in [2.45, 2.75) is 38.1 Å². The standard InChI is InChI=1S/C27H31NO5/c1-3-32-25(30)23-17-28-16-19(24(23)29)14-15-22(28)18-33-26(31)27(2,20-10-6-4-7-11-20)21-12-8-5-9-13-21/h4-13,19,22-23H,3,14-18H2,1-2H3. The van der Waals surface area contributed by atoms with E-state index in [-0.39, 0.29) is 36.9 Å². The van der Waals surface area contributed by atoms with Crippen molar-refractivity contribution in [3.05, 3.63) is 71.8 Å². The minimum Gasteiger partial charge on any atom is -0.465 e. The number of carbonyl (C=O) groups is 3. The molecular formula is C27H31NO5. The summed E-state index contributed by atoms with van der Waals surface area (Å²) in [5, 5.41) is 0. The van der Waals surface area contributed by atoms with Crippen LogP contribution < -0.4 is 0 Å². The van der Waals surface area contributed by atoms with Gasteiger partial charge < -0.3 is 9.47 Å². The number of benzene rings is 2. The quantitative estimate of drug-likeness (QED) is 0.477. The zero-order valence-corrected chi connectivity index (χ0v) is 19.2. The van der Waals surface area contributed by atoms with Crippen molar-refractivity contribution in [2.24, 2.45) is 11.8 Å². The number of fused-ring (bicyclic) bond motifs is 2. The lowest BCUT2D eigenvalue weighted by molar-refractivity contribution is -0.161. The van der Waals surface area contributed by atoms with Gasteiger partial charge in [-0.3, -0.25) is 19.3 Å². The van der Waals surface area contributed by atoms with Gasteiger partial charge in [-0.2, -0.15) is 0 Å². The molecule has 4 atom stereocenters. The Labute approximate surface area is 194 Å². The molecule has 2 aromatic carbocycles. The molecule has 2 bridgehead atoms. The smallest absolute Gasteiger partial charge is 0.320 e. The van der Waals surface area contributed by atoms with Gasteiger partial charge >= 0.3 is 11.9 Å². The van der Waals surface area contributed by atoms with E-state index in [0.29, 0.717) is 19.5 Å². The van der Waals surface area contributed by atoms with Crippen molar-refractivity contribution in [3.63, 3.8) is 0 Å². The molecule has 2 aliphatic rings. The van der Waals surface area contributed by atoms with Gasteiger partial charge in [0.2, 0.25) is 0 Å². The molecule has 0 spiro atoms. The van der Waals surface area contributed by atoms with Gasteiger partial charge in [0.25, 0.3) is 0 Å². The van der Waals surface area contributed by atoms with Crippen molar-refractivity contribution in [1.82, 2.24) is 4.90 Å². The third-order valence-corrected chi connectivity index (χ3v) is 7.07. The third kappa shape index (κ3) is 4.58. The SMILES string of the molecule is CCOC(=O)C1CN2CC(CCC2COC(=O)C(C)(c2ccccc2)c2ccccc2)C1=O. The summed E-state index contributed by atoms with van der Waals surface area (Å²) in [5.74, 6) is -1.67. The molecule has 0 N–H and O–H groups in total. The predicted molar refractivity (Wildman–Crippen MR) is 124 cm³/mol. The number of carbonyl (C=O) groups excluding carboxylic acids is 3. The second-order valence-electron chi connectivity index (χ2n) is 9.04. The van der Waals surface area contributed by atoms with Gasteiger partial charge in [-0.25, -0.2) is 0 Å².